The molecule has 0 aliphatic heterocycles. The van der Waals surface area contributed by atoms with E-state index in [0.29, 0.717) is 5.92 Å². The quantitative estimate of drug-likeness (QED) is 0.653. The summed E-state index contributed by atoms with van der Waals surface area (Å²) in [5, 5.41) is 9.04. The highest BCUT2D eigenvalue weighted by molar-refractivity contribution is 5.93. The van der Waals surface area contributed by atoms with Gasteiger partial charge in [-0.05, 0) is 36.7 Å². The molecule has 1 aliphatic rings. The molecule has 1 unspecified atom stereocenters. The lowest BCUT2D eigenvalue weighted by Crippen LogP contribution is -2.44. The zero-order valence-corrected chi connectivity index (χ0v) is 15.0. The number of aliphatic carboxylic acids is 1. The average Bonchev–Trinajstić information content (AvgIpc) is 2.54. The molecule has 4 heteroatoms. The van der Waals surface area contributed by atoms with Gasteiger partial charge in [-0.3, -0.25) is 9.59 Å². The number of carbonyl (C=O) groups excluding carboxylic acids is 1. The van der Waals surface area contributed by atoms with Crippen molar-refractivity contribution in [2.24, 2.45) is 17.8 Å². The zero-order valence-electron chi connectivity index (χ0n) is 15.0. The van der Waals surface area contributed by atoms with E-state index in [0.717, 1.165) is 19.3 Å². The summed E-state index contributed by atoms with van der Waals surface area (Å²) >= 11 is 0. The highest BCUT2D eigenvalue weighted by atomic mass is 16.5. The first-order valence-electron chi connectivity index (χ1n) is 8.72. The van der Waals surface area contributed by atoms with Gasteiger partial charge in [-0.15, -0.1) is 0 Å². The maximum Gasteiger partial charge on any atom is 0.320 e. The van der Waals surface area contributed by atoms with E-state index >= 15 is 0 Å². The molecule has 2 rings (SSSR count). The smallest absolute Gasteiger partial charge is 0.320 e. The number of hydrogen-bond acceptors (Lipinski definition) is 3. The SMILES string of the molecule is CC(C(=O)O)C(=O)O[C@@H]1C[C@H](C)CC[C@H]1C(C)(C)c1ccccc1. The van der Waals surface area contributed by atoms with E-state index in [9.17, 15) is 9.59 Å². The molecule has 0 heterocycles. The van der Waals surface area contributed by atoms with Crippen LogP contribution in [0.3, 0.4) is 0 Å². The van der Waals surface area contributed by atoms with E-state index in [1.54, 1.807) is 0 Å². The van der Waals surface area contributed by atoms with Crippen LogP contribution in [0.15, 0.2) is 30.3 Å². The molecule has 1 aromatic carbocycles. The fourth-order valence-corrected chi connectivity index (χ4v) is 3.72. The molecule has 1 N–H and O–H groups in total. The number of hydrogen-bond donors (Lipinski definition) is 1. The highest BCUT2D eigenvalue weighted by Gasteiger charge is 2.42. The topological polar surface area (TPSA) is 63.6 Å². The fourth-order valence-electron chi connectivity index (χ4n) is 3.72. The summed E-state index contributed by atoms with van der Waals surface area (Å²) in [6.07, 6.45) is 2.63. The molecule has 24 heavy (non-hydrogen) atoms. The summed E-state index contributed by atoms with van der Waals surface area (Å²) in [6, 6.07) is 10.3. The summed E-state index contributed by atoms with van der Waals surface area (Å²) in [5.41, 5.74) is 1.08. The Bertz CT molecular complexity index is 579. The number of benzene rings is 1. The molecule has 4 atom stereocenters. The molecule has 0 amide bonds. The predicted octanol–water partition coefficient (Wildman–Crippen LogP) is 4.03. The van der Waals surface area contributed by atoms with Gasteiger partial charge in [0, 0.05) is 5.92 Å². The molecule has 0 spiro atoms. The molecule has 1 aromatic rings. The molecule has 1 fully saturated rings. The van der Waals surface area contributed by atoms with Gasteiger partial charge in [0.05, 0.1) is 0 Å². The van der Waals surface area contributed by atoms with Crippen molar-refractivity contribution < 1.29 is 19.4 Å². The molecule has 0 aromatic heterocycles. The Hall–Kier alpha value is -1.84. The minimum Gasteiger partial charge on any atom is -0.481 e. The van der Waals surface area contributed by atoms with Crippen molar-refractivity contribution >= 4 is 11.9 Å². The van der Waals surface area contributed by atoms with Gasteiger partial charge in [0.1, 0.15) is 6.10 Å². The second kappa shape index (κ2) is 7.37. The Morgan fingerprint density at radius 1 is 1.21 bits per heavy atom. The highest BCUT2D eigenvalue weighted by Crippen LogP contribution is 2.43. The van der Waals surface area contributed by atoms with Crippen LogP contribution in [-0.2, 0) is 19.7 Å². The van der Waals surface area contributed by atoms with Crippen molar-refractivity contribution in [2.45, 2.75) is 58.5 Å². The summed E-state index contributed by atoms with van der Waals surface area (Å²) < 4.78 is 5.69. The molecular weight excluding hydrogens is 304 g/mol. The first-order chi connectivity index (χ1) is 11.2. The fraction of sp³-hybridized carbons (Fsp3) is 0.600. The van der Waals surface area contributed by atoms with E-state index in [2.05, 4.69) is 32.9 Å². The lowest BCUT2D eigenvalue weighted by atomic mass is 9.64. The third kappa shape index (κ3) is 3.97. The third-order valence-electron chi connectivity index (χ3n) is 5.49. The Labute approximate surface area is 144 Å². The number of rotatable bonds is 5. The van der Waals surface area contributed by atoms with Crippen LogP contribution in [0.25, 0.3) is 0 Å². The number of ether oxygens (including phenoxy) is 1. The number of carbonyl (C=O) groups is 2. The molecule has 1 saturated carbocycles. The molecule has 0 saturated heterocycles. The minimum absolute atomic E-state index is 0.140. The number of carboxylic acid groups (broad SMARTS) is 1. The van der Waals surface area contributed by atoms with E-state index < -0.39 is 17.9 Å². The lowest BCUT2D eigenvalue weighted by molar-refractivity contribution is -0.167. The van der Waals surface area contributed by atoms with E-state index in [-0.39, 0.29) is 17.4 Å². The van der Waals surface area contributed by atoms with E-state index in [4.69, 9.17) is 9.84 Å². The molecule has 0 bridgehead atoms. The minimum atomic E-state index is -1.14. The molecular formula is C20H28O4. The normalized spacial score (nSPS) is 25.8. The van der Waals surface area contributed by atoms with Crippen molar-refractivity contribution in [3.63, 3.8) is 0 Å². The van der Waals surface area contributed by atoms with Crippen LogP contribution in [0.2, 0.25) is 0 Å². The molecule has 4 nitrogen and oxygen atoms in total. The van der Waals surface area contributed by atoms with E-state index in [1.807, 2.05) is 18.2 Å². The van der Waals surface area contributed by atoms with Gasteiger partial charge in [-0.2, -0.15) is 0 Å². The van der Waals surface area contributed by atoms with Gasteiger partial charge < -0.3 is 9.84 Å². The van der Waals surface area contributed by atoms with Crippen LogP contribution < -0.4 is 0 Å². The van der Waals surface area contributed by atoms with Crippen LogP contribution in [-0.4, -0.2) is 23.1 Å². The van der Waals surface area contributed by atoms with Crippen LogP contribution >= 0.6 is 0 Å². The summed E-state index contributed by atoms with van der Waals surface area (Å²) in [4.78, 5) is 23.2. The molecule has 0 radical (unpaired) electrons. The molecule has 132 valence electrons. The van der Waals surface area contributed by atoms with Crippen LogP contribution in [0.1, 0.15) is 52.5 Å². The Balaban J connectivity index is 2.22. The average molecular weight is 332 g/mol. The van der Waals surface area contributed by atoms with Crippen LogP contribution in [0.4, 0.5) is 0 Å². The maximum atomic E-state index is 12.2. The van der Waals surface area contributed by atoms with Crippen molar-refractivity contribution in [1.29, 1.82) is 0 Å². The van der Waals surface area contributed by atoms with Crippen molar-refractivity contribution in [3.8, 4) is 0 Å². The second-order valence-electron chi connectivity index (χ2n) is 7.65. The first-order valence-corrected chi connectivity index (χ1v) is 8.72. The van der Waals surface area contributed by atoms with Gasteiger partial charge in [-0.25, -0.2) is 0 Å². The Kier molecular flexibility index (Phi) is 5.68. The summed E-state index contributed by atoms with van der Waals surface area (Å²) in [6.45, 7) is 7.91. The van der Waals surface area contributed by atoms with Crippen LogP contribution in [0.5, 0.6) is 0 Å². The maximum absolute atomic E-state index is 12.2. The molecule has 1 aliphatic carbocycles. The summed E-state index contributed by atoms with van der Waals surface area (Å²) in [7, 11) is 0. The van der Waals surface area contributed by atoms with Gasteiger partial charge in [0.25, 0.3) is 0 Å². The van der Waals surface area contributed by atoms with Gasteiger partial charge in [0.2, 0.25) is 0 Å². The van der Waals surface area contributed by atoms with Crippen molar-refractivity contribution in [3.05, 3.63) is 35.9 Å². The van der Waals surface area contributed by atoms with Gasteiger partial charge in [0.15, 0.2) is 5.92 Å². The second-order valence-corrected chi connectivity index (χ2v) is 7.65. The summed E-state index contributed by atoms with van der Waals surface area (Å²) in [5.74, 6) is -2.23. The number of esters is 1. The zero-order chi connectivity index (χ0) is 17.9. The third-order valence-corrected chi connectivity index (χ3v) is 5.49. The van der Waals surface area contributed by atoms with Crippen LogP contribution in [0, 0.1) is 17.8 Å². The number of carboxylic acids is 1. The first kappa shape index (κ1) is 18.5. The monoisotopic (exact) mass is 332 g/mol. The van der Waals surface area contributed by atoms with Crippen molar-refractivity contribution in [1.82, 2.24) is 0 Å². The largest absolute Gasteiger partial charge is 0.481 e. The van der Waals surface area contributed by atoms with Crippen molar-refractivity contribution in [2.75, 3.05) is 0 Å². The standard InChI is InChI=1S/C20H28O4/c1-13-10-11-16(20(3,4)15-8-6-5-7-9-15)17(12-13)24-19(23)14(2)18(21)22/h5-9,13-14,16-17H,10-12H2,1-4H3,(H,21,22)/t13-,14?,16-,17-/m1/s1. The van der Waals surface area contributed by atoms with Gasteiger partial charge >= 0.3 is 11.9 Å². The van der Waals surface area contributed by atoms with Gasteiger partial charge in [-0.1, -0.05) is 57.5 Å². The predicted molar refractivity (Wildman–Crippen MR) is 92.7 cm³/mol. The van der Waals surface area contributed by atoms with E-state index in [1.165, 1.54) is 12.5 Å². The Morgan fingerprint density at radius 3 is 2.42 bits per heavy atom. The lowest BCUT2D eigenvalue weighted by Gasteiger charge is -2.44. The Morgan fingerprint density at radius 2 is 1.83 bits per heavy atom.